The van der Waals surface area contributed by atoms with E-state index in [0.29, 0.717) is 6.04 Å². The van der Waals surface area contributed by atoms with Crippen LogP contribution in [0.5, 0.6) is 0 Å². The summed E-state index contributed by atoms with van der Waals surface area (Å²) in [6.45, 7) is 10.0. The Kier molecular flexibility index (Phi) is 2.77. The third kappa shape index (κ3) is 2.20. The van der Waals surface area contributed by atoms with Crippen LogP contribution in [-0.4, -0.2) is 32.8 Å². The Morgan fingerprint density at radius 3 is 2.11 bits per heavy atom. The van der Waals surface area contributed by atoms with Gasteiger partial charge in [-0.3, -0.25) is 4.68 Å². The molecule has 100 valence electrons. The van der Waals surface area contributed by atoms with Crippen molar-refractivity contribution < 1.29 is 0 Å². The molecule has 19 heavy (non-hydrogen) atoms. The van der Waals surface area contributed by atoms with E-state index in [1.54, 1.807) is 0 Å². The van der Waals surface area contributed by atoms with Gasteiger partial charge in [0.2, 0.25) is 5.95 Å². The third-order valence-corrected chi connectivity index (χ3v) is 3.51. The lowest BCUT2D eigenvalue weighted by Crippen LogP contribution is -2.49. The van der Waals surface area contributed by atoms with Gasteiger partial charge in [0.1, 0.15) is 0 Å². The molecule has 1 saturated heterocycles. The van der Waals surface area contributed by atoms with E-state index >= 15 is 0 Å². The molecule has 0 unspecified atom stereocenters. The maximum Gasteiger partial charge on any atom is 0.225 e. The Labute approximate surface area is 113 Å². The van der Waals surface area contributed by atoms with E-state index in [1.807, 2.05) is 26.8 Å². The lowest BCUT2D eigenvalue weighted by molar-refractivity contribution is 0.356. The zero-order chi connectivity index (χ0) is 13.6. The van der Waals surface area contributed by atoms with Crippen LogP contribution in [0.15, 0.2) is 12.1 Å². The fraction of sp³-hybridized carbons (Fsp3) is 0.500. The molecule has 5 heteroatoms. The number of aromatic nitrogens is 4. The van der Waals surface area contributed by atoms with E-state index in [4.69, 9.17) is 0 Å². The van der Waals surface area contributed by atoms with Gasteiger partial charge in [-0.2, -0.15) is 5.10 Å². The molecule has 0 bridgehead atoms. The smallest absolute Gasteiger partial charge is 0.225 e. The van der Waals surface area contributed by atoms with Gasteiger partial charge < -0.3 is 4.90 Å². The number of nitrogens with zero attached hydrogens (tertiary/aromatic N) is 5. The van der Waals surface area contributed by atoms with E-state index in [-0.39, 0.29) is 0 Å². The van der Waals surface area contributed by atoms with Crippen molar-refractivity contribution in [2.45, 2.75) is 33.7 Å². The molecule has 0 aliphatic carbocycles. The van der Waals surface area contributed by atoms with Crippen LogP contribution in [0.3, 0.4) is 0 Å². The van der Waals surface area contributed by atoms with Crippen molar-refractivity contribution in [2.75, 3.05) is 18.0 Å². The normalized spacial score (nSPS) is 15.7. The second-order valence-electron chi connectivity index (χ2n) is 5.38. The molecule has 0 atom stereocenters. The first-order valence-corrected chi connectivity index (χ1v) is 6.63. The van der Waals surface area contributed by atoms with Gasteiger partial charge in [0.15, 0.2) is 0 Å². The first-order chi connectivity index (χ1) is 9.02. The minimum absolute atomic E-state index is 0.443. The summed E-state index contributed by atoms with van der Waals surface area (Å²) in [6.07, 6.45) is 0. The van der Waals surface area contributed by atoms with E-state index < -0.39 is 0 Å². The summed E-state index contributed by atoms with van der Waals surface area (Å²) in [5.74, 6) is 0.843. The zero-order valence-electron chi connectivity index (χ0n) is 11.9. The molecule has 1 aliphatic rings. The molecule has 3 heterocycles. The van der Waals surface area contributed by atoms with E-state index in [0.717, 1.165) is 36.1 Å². The van der Waals surface area contributed by atoms with E-state index in [2.05, 4.69) is 37.6 Å². The van der Waals surface area contributed by atoms with Crippen LogP contribution in [0, 0.1) is 27.7 Å². The molecule has 1 fully saturated rings. The minimum atomic E-state index is 0.443. The average Bonchev–Trinajstić information content (AvgIpc) is 2.54. The van der Waals surface area contributed by atoms with Crippen molar-refractivity contribution in [3.8, 4) is 0 Å². The van der Waals surface area contributed by atoms with Gasteiger partial charge in [-0.05, 0) is 39.8 Å². The van der Waals surface area contributed by atoms with Crippen LogP contribution in [0.2, 0.25) is 0 Å². The fourth-order valence-corrected chi connectivity index (χ4v) is 2.64. The third-order valence-electron chi connectivity index (χ3n) is 3.51. The van der Waals surface area contributed by atoms with Crippen LogP contribution in [0.4, 0.5) is 5.95 Å². The molecular weight excluding hydrogens is 238 g/mol. The molecule has 0 N–H and O–H groups in total. The molecule has 1 aliphatic heterocycles. The van der Waals surface area contributed by atoms with Crippen molar-refractivity contribution >= 4 is 5.95 Å². The predicted octanol–water partition coefficient (Wildman–Crippen LogP) is 1.97. The quantitative estimate of drug-likeness (QED) is 0.825. The van der Waals surface area contributed by atoms with Crippen molar-refractivity contribution in [2.24, 2.45) is 0 Å². The molecule has 0 saturated carbocycles. The molecule has 0 amide bonds. The van der Waals surface area contributed by atoms with Gasteiger partial charge in [-0.25, -0.2) is 9.97 Å². The molecule has 0 spiro atoms. The number of rotatable bonds is 2. The highest BCUT2D eigenvalue weighted by molar-refractivity contribution is 5.36. The predicted molar refractivity (Wildman–Crippen MR) is 74.5 cm³/mol. The first kappa shape index (κ1) is 12.1. The molecule has 2 aromatic rings. The highest BCUT2D eigenvalue weighted by atomic mass is 15.4. The Bertz CT molecular complexity index is 590. The Balaban J connectivity index is 1.74. The monoisotopic (exact) mass is 257 g/mol. The first-order valence-electron chi connectivity index (χ1n) is 6.63. The van der Waals surface area contributed by atoms with Crippen molar-refractivity contribution in [3.63, 3.8) is 0 Å². The average molecular weight is 257 g/mol. The van der Waals surface area contributed by atoms with Crippen LogP contribution in [0.25, 0.3) is 0 Å². The lowest BCUT2D eigenvalue weighted by atomic mass is 10.1. The van der Waals surface area contributed by atoms with Crippen molar-refractivity contribution in [1.29, 1.82) is 0 Å². The van der Waals surface area contributed by atoms with E-state index in [9.17, 15) is 0 Å². The summed E-state index contributed by atoms with van der Waals surface area (Å²) in [7, 11) is 0. The standard InChI is InChI=1S/C14H19N5/c1-9-5-10(2)16-14(15-9)18-7-13(8-18)19-12(4)6-11(3)17-19/h5-6,13H,7-8H2,1-4H3. The zero-order valence-corrected chi connectivity index (χ0v) is 11.9. The Morgan fingerprint density at radius 2 is 1.58 bits per heavy atom. The van der Waals surface area contributed by atoms with Gasteiger partial charge >= 0.3 is 0 Å². The second kappa shape index (κ2) is 4.33. The van der Waals surface area contributed by atoms with Crippen LogP contribution >= 0.6 is 0 Å². The van der Waals surface area contributed by atoms with Crippen LogP contribution in [-0.2, 0) is 0 Å². The summed E-state index contributed by atoms with van der Waals surface area (Å²) < 4.78 is 2.12. The topological polar surface area (TPSA) is 46.8 Å². The van der Waals surface area contributed by atoms with Crippen molar-refractivity contribution in [1.82, 2.24) is 19.7 Å². The summed E-state index contributed by atoms with van der Waals surface area (Å²) in [6, 6.07) is 4.57. The highest BCUT2D eigenvalue weighted by Gasteiger charge is 2.31. The molecule has 2 aromatic heterocycles. The Morgan fingerprint density at radius 1 is 0.947 bits per heavy atom. The van der Waals surface area contributed by atoms with Gasteiger partial charge in [0, 0.05) is 30.2 Å². The van der Waals surface area contributed by atoms with Crippen LogP contribution < -0.4 is 4.90 Å². The maximum atomic E-state index is 4.54. The maximum absolute atomic E-state index is 4.54. The Hall–Kier alpha value is -1.91. The molecule has 5 nitrogen and oxygen atoms in total. The summed E-state index contributed by atoms with van der Waals surface area (Å²) >= 11 is 0. The van der Waals surface area contributed by atoms with Crippen LogP contribution in [0.1, 0.15) is 28.8 Å². The summed E-state index contributed by atoms with van der Waals surface area (Å²) in [4.78, 5) is 11.2. The molecule has 3 rings (SSSR count). The number of hydrogen-bond donors (Lipinski definition) is 0. The second-order valence-corrected chi connectivity index (χ2v) is 5.38. The molecule has 0 radical (unpaired) electrons. The summed E-state index contributed by atoms with van der Waals surface area (Å²) in [5, 5.41) is 4.54. The van der Waals surface area contributed by atoms with Crippen molar-refractivity contribution in [3.05, 3.63) is 34.9 Å². The number of aryl methyl sites for hydroxylation is 4. The van der Waals surface area contributed by atoms with Gasteiger partial charge in [0.25, 0.3) is 0 Å². The summed E-state index contributed by atoms with van der Waals surface area (Å²) in [5.41, 5.74) is 4.36. The van der Waals surface area contributed by atoms with E-state index in [1.165, 1.54) is 5.69 Å². The molecular formula is C14H19N5. The molecule has 0 aromatic carbocycles. The number of anilines is 1. The van der Waals surface area contributed by atoms with Gasteiger partial charge in [-0.15, -0.1) is 0 Å². The van der Waals surface area contributed by atoms with Gasteiger partial charge in [0.05, 0.1) is 11.7 Å². The number of hydrogen-bond acceptors (Lipinski definition) is 4. The highest BCUT2D eigenvalue weighted by Crippen LogP contribution is 2.26. The lowest BCUT2D eigenvalue weighted by Gasteiger charge is -2.39. The fourth-order valence-electron chi connectivity index (χ4n) is 2.64. The van der Waals surface area contributed by atoms with Gasteiger partial charge in [-0.1, -0.05) is 0 Å². The SMILES string of the molecule is Cc1cc(C)nc(N2CC(n3nc(C)cc3C)C2)n1. The largest absolute Gasteiger partial charge is 0.336 e. The minimum Gasteiger partial charge on any atom is -0.336 e.